The highest BCUT2D eigenvalue weighted by Crippen LogP contribution is 2.11. The van der Waals surface area contributed by atoms with E-state index in [4.69, 9.17) is 10.2 Å². The van der Waals surface area contributed by atoms with Gasteiger partial charge in [0, 0.05) is 13.6 Å². The van der Waals surface area contributed by atoms with Crippen LogP contribution in [0.4, 0.5) is 0 Å². The van der Waals surface area contributed by atoms with Crippen LogP contribution < -0.4 is 5.73 Å². The van der Waals surface area contributed by atoms with Gasteiger partial charge in [0.05, 0.1) is 6.54 Å². The molecule has 0 aliphatic heterocycles. The summed E-state index contributed by atoms with van der Waals surface area (Å²) >= 11 is 0. The van der Waals surface area contributed by atoms with E-state index in [1.807, 2.05) is 0 Å². The fourth-order valence-electron chi connectivity index (χ4n) is 1.47. The van der Waals surface area contributed by atoms with Gasteiger partial charge in [-0.15, -0.1) is 0 Å². The fourth-order valence-corrected chi connectivity index (χ4v) is 1.47. The van der Waals surface area contributed by atoms with E-state index in [-0.39, 0.29) is 5.91 Å². The highest BCUT2D eigenvalue weighted by molar-refractivity contribution is 5.91. The zero-order chi connectivity index (χ0) is 12.1. The van der Waals surface area contributed by atoms with Gasteiger partial charge in [-0.25, -0.2) is 0 Å². The molecule has 16 heavy (non-hydrogen) atoms. The second-order valence-electron chi connectivity index (χ2n) is 4.17. The zero-order valence-corrected chi connectivity index (χ0v) is 10.2. The molecule has 0 bridgehead atoms. The maximum atomic E-state index is 11.9. The third-order valence-electron chi connectivity index (χ3n) is 2.70. The van der Waals surface area contributed by atoms with Crippen LogP contribution in [0.3, 0.4) is 0 Å². The Balaban J connectivity index is 2.62. The first-order valence-electron chi connectivity index (χ1n) is 5.62. The highest BCUT2D eigenvalue weighted by atomic mass is 16.4. The summed E-state index contributed by atoms with van der Waals surface area (Å²) in [6, 6.07) is 3.42. The molecule has 0 aliphatic carbocycles. The molecule has 4 heteroatoms. The van der Waals surface area contributed by atoms with Gasteiger partial charge in [-0.1, -0.05) is 20.3 Å². The molecule has 1 aromatic heterocycles. The molecule has 0 radical (unpaired) electrons. The molecular weight excluding hydrogens is 204 g/mol. The Hall–Kier alpha value is -1.29. The molecule has 0 saturated heterocycles. The average Bonchev–Trinajstić information content (AvgIpc) is 2.76. The standard InChI is InChI=1S/C12H20N2O2/c1-4-9(2)8-14(3)12(15)11-6-5-10(7-13)16-11/h5-6,9H,4,7-8,13H2,1-3H3. The topological polar surface area (TPSA) is 59.5 Å². The SMILES string of the molecule is CCC(C)CN(C)C(=O)c1ccc(CN)o1. The van der Waals surface area contributed by atoms with Crippen LogP contribution in [0, 0.1) is 5.92 Å². The molecule has 1 aromatic rings. The Bertz CT molecular complexity index is 347. The monoisotopic (exact) mass is 224 g/mol. The number of rotatable bonds is 5. The van der Waals surface area contributed by atoms with Crippen molar-refractivity contribution in [1.29, 1.82) is 0 Å². The zero-order valence-electron chi connectivity index (χ0n) is 10.2. The van der Waals surface area contributed by atoms with Crippen molar-refractivity contribution in [2.24, 2.45) is 11.7 Å². The highest BCUT2D eigenvalue weighted by Gasteiger charge is 2.16. The van der Waals surface area contributed by atoms with E-state index in [0.29, 0.717) is 24.0 Å². The van der Waals surface area contributed by atoms with Gasteiger partial charge in [-0.05, 0) is 18.1 Å². The lowest BCUT2D eigenvalue weighted by atomic mass is 10.1. The number of carbonyl (C=O) groups is 1. The quantitative estimate of drug-likeness (QED) is 0.830. The van der Waals surface area contributed by atoms with E-state index in [2.05, 4.69) is 13.8 Å². The minimum absolute atomic E-state index is 0.0833. The summed E-state index contributed by atoms with van der Waals surface area (Å²) in [4.78, 5) is 13.6. The van der Waals surface area contributed by atoms with E-state index in [0.717, 1.165) is 13.0 Å². The molecule has 0 aliphatic rings. The van der Waals surface area contributed by atoms with Crippen LogP contribution in [0.25, 0.3) is 0 Å². The number of hydrogen-bond acceptors (Lipinski definition) is 3. The summed E-state index contributed by atoms with van der Waals surface area (Å²) in [6.07, 6.45) is 1.06. The fraction of sp³-hybridized carbons (Fsp3) is 0.583. The van der Waals surface area contributed by atoms with Crippen LogP contribution in [0.5, 0.6) is 0 Å². The van der Waals surface area contributed by atoms with Crippen LogP contribution in [0.15, 0.2) is 16.5 Å². The molecule has 0 spiro atoms. The van der Waals surface area contributed by atoms with Gasteiger partial charge < -0.3 is 15.1 Å². The Morgan fingerprint density at radius 3 is 2.75 bits per heavy atom. The van der Waals surface area contributed by atoms with Crippen molar-refractivity contribution < 1.29 is 9.21 Å². The summed E-state index contributed by atoms with van der Waals surface area (Å²) in [5.41, 5.74) is 5.42. The molecule has 1 amide bonds. The minimum Gasteiger partial charge on any atom is -0.455 e. The van der Waals surface area contributed by atoms with Crippen molar-refractivity contribution in [3.05, 3.63) is 23.7 Å². The first-order chi connectivity index (χ1) is 7.58. The molecule has 90 valence electrons. The van der Waals surface area contributed by atoms with Gasteiger partial charge in [0.15, 0.2) is 5.76 Å². The summed E-state index contributed by atoms with van der Waals surface area (Å²) < 4.78 is 5.31. The van der Waals surface area contributed by atoms with E-state index in [1.54, 1.807) is 24.1 Å². The van der Waals surface area contributed by atoms with Crippen molar-refractivity contribution in [2.45, 2.75) is 26.8 Å². The number of hydrogen-bond donors (Lipinski definition) is 1. The molecule has 4 nitrogen and oxygen atoms in total. The number of amides is 1. The molecule has 0 saturated carbocycles. The van der Waals surface area contributed by atoms with E-state index in [9.17, 15) is 4.79 Å². The van der Waals surface area contributed by atoms with Gasteiger partial charge >= 0.3 is 0 Å². The number of furan rings is 1. The predicted octanol–water partition coefficient (Wildman–Crippen LogP) is 1.86. The van der Waals surface area contributed by atoms with Crippen LogP contribution in [-0.4, -0.2) is 24.4 Å². The Kier molecular flexibility index (Phi) is 4.55. The van der Waals surface area contributed by atoms with Crippen LogP contribution >= 0.6 is 0 Å². The van der Waals surface area contributed by atoms with Crippen molar-refractivity contribution in [1.82, 2.24) is 4.90 Å². The lowest BCUT2D eigenvalue weighted by Crippen LogP contribution is -2.30. The summed E-state index contributed by atoms with van der Waals surface area (Å²) in [6.45, 7) is 5.30. The second kappa shape index (κ2) is 5.70. The maximum Gasteiger partial charge on any atom is 0.289 e. The molecule has 1 unspecified atom stereocenters. The van der Waals surface area contributed by atoms with Crippen LogP contribution in [0.2, 0.25) is 0 Å². The van der Waals surface area contributed by atoms with E-state index in [1.165, 1.54) is 0 Å². The normalized spacial score (nSPS) is 12.5. The predicted molar refractivity (Wildman–Crippen MR) is 63.0 cm³/mol. The van der Waals surface area contributed by atoms with Gasteiger partial charge in [0.2, 0.25) is 0 Å². The molecular formula is C12H20N2O2. The molecule has 1 rings (SSSR count). The smallest absolute Gasteiger partial charge is 0.289 e. The van der Waals surface area contributed by atoms with Crippen molar-refractivity contribution in [3.63, 3.8) is 0 Å². The molecule has 1 atom stereocenters. The first-order valence-corrected chi connectivity index (χ1v) is 5.62. The number of nitrogens with two attached hydrogens (primary N) is 1. The largest absolute Gasteiger partial charge is 0.455 e. The Morgan fingerprint density at radius 1 is 1.56 bits per heavy atom. The van der Waals surface area contributed by atoms with E-state index < -0.39 is 0 Å². The number of carbonyl (C=O) groups excluding carboxylic acids is 1. The van der Waals surface area contributed by atoms with Crippen LogP contribution in [-0.2, 0) is 6.54 Å². The van der Waals surface area contributed by atoms with Gasteiger partial charge in [0.1, 0.15) is 5.76 Å². The summed E-state index contributed by atoms with van der Waals surface area (Å²) in [5, 5.41) is 0. The second-order valence-corrected chi connectivity index (χ2v) is 4.17. The average molecular weight is 224 g/mol. The van der Waals surface area contributed by atoms with Gasteiger partial charge in [-0.3, -0.25) is 4.79 Å². The van der Waals surface area contributed by atoms with Crippen molar-refractivity contribution in [2.75, 3.05) is 13.6 Å². The molecule has 0 aromatic carbocycles. The molecule has 2 N–H and O–H groups in total. The first kappa shape index (κ1) is 12.8. The lowest BCUT2D eigenvalue weighted by Gasteiger charge is -2.19. The van der Waals surface area contributed by atoms with Gasteiger partial charge in [0.25, 0.3) is 5.91 Å². The Morgan fingerprint density at radius 2 is 2.25 bits per heavy atom. The lowest BCUT2D eigenvalue weighted by molar-refractivity contribution is 0.0741. The van der Waals surface area contributed by atoms with Crippen LogP contribution in [0.1, 0.15) is 36.6 Å². The van der Waals surface area contributed by atoms with E-state index >= 15 is 0 Å². The maximum absolute atomic E-state index is 11.9. The summed E-state index contributed by atoms with van der Waals surface area (Å²) in [7, 11) is 1.79. The third-order valence-corrected chi connectivity index (χ3v) is 2.70. The van der Waals surface area contributed by atoms with Crippen molar-refractivity contribution in [3.8, 4) is 0 Å². The third kappa shape index (κ3) is 3.10. The number of nitrogens with zero attached hydrogens (tertiary/aromatic N) is 1. The molecule has 1 heterocycles. The Labute approximate surface area is 96.4 Å². The van der Waals surface area contributed by atoms with Crippen molar-refractivity contribution >= 4 is 5.91 Å². The minimum atomic E-state index is -0.0833. The summed E-state index contributed by atoms with van der Waals surface area (Å²) in [5.74, 6) is 1.42. The van der Waals surface area contributed by atoms with Gasteiger partial charge in [-0.2, -0.15) is 0 Å². The molecule has 0 fully saturated rings.